The molecule has 0 aliphatic carbocycles. The lowest BCUT2D eigenvalue weighted by molar-refractivity contribution is -0.119. The van der Waals surface area contributed by atoms with Gasteiger partial charge in [-0.05, 0) is 6.92 Å². The van der Waals surface area contributed by atoms with Gasteiger partial charge in [-0.1, -0.05) is 5.16 Å². The summed E-state index contributed by atoms with van der Waals surface area (Å²) in [4.78, 5) is 14.5. The molecule has 0 aromatic carbocycles. The molecular formula is C7H13ClN4O2. The van der Waals surface area contributed by atoms with Gasteiger partial charge in [0.05, 0.1) is 12.6 Å². The highest BCUT2D eigenvalue weighted by molar-refractivity contribution is 5.85. The number of nitrogens with one attached hydrogen (secondary N) is 1. The maximum atomic E-state index is 10.5. The van der Waals surface area contributed by atoms with E-state index in [2.05, 4.69) is 15.5 Å². The lowest BCUT2D eigenvalue weighted by atomic mass is 10.3. The Morgan fingerprint density at radius 1 is 1.71 bits per heavy atom. The first-order valence-corrected chi connectivity index (χ1v) is 3.92. The van der Waals surface area contributed by atoms with Gasteiger partial charge in [-0.15, -0.1) is 12.4 Å². The average Bonchev–Trinajstić information content (AvgIpc) is 2.48. The van der Waals surface area contributed by atoms with E-state index in [9.17, 15) is 4.79 Å². The fraction of sp³-hybridized carbons (Fsp3) is 0.571. The van der Waals surface area contributed by atoms with Crippen molar-refractivity contribution in [3.8, 4) is 0 Å². The van der Waals surface area contributed by atoms with Crippen molar-refractivity contribution in [1.29, 1.82) is 0 Å². The highest BCUT2D eigenvalue weighted by Gasteiger charge is 2.09. The second kappa shape index (κ2) is 5.56. The van der Waals surface area contributed by atoms with E-state index in [0.717, 1.165) is 0 Å². The minimum Gasteiger partial charge on any atom is -0.347 e. The molecule has 0 fully saturated rings. The molecule has 1 atom stereocenters. The molecule has 0 radical (unpaired) electrons. The molecule has 1 unspecified atom stereocenters. The van der Waals surface area contributed by atoms with E-state index in [0.29, 0.717) is 11.7 Å². The van der Waals surface area contributed by atoms with Gasteiger partial charge in [-0.3, -0.25) is 4.79 Å². The maximum Gasteiger partial charge on any atom is 0.246 e. The Morgan fingerprint density at radius 2 is 2.36 bits per heavy atom. The van der Waals surface area contributed by atoms with Gasteiger partial charge in [0.1, 0.15) is 0 Å². The number of nitrogens with two attached hydrogens (primary N) is 1. The Bertz CT molecular complexity index is 300. The zero-order valence-corrected chi connectivity index (χ0v) is 8.80. The van der Waals surface area contributed by atoms with Gasteiger partial charge in [-0.2, -0.15) is 4.98 Å². The molecule has 80 valence electrons. The monoisotopic (exact) mass is 220 g/mol. The summed E-state index contributed by atoms with van der Waals surface area (Å²) in [5.74, 6) is 0.670. The SMILES string of the molecule is CC(=O)NCc1nc(C(C)N)no1.Cl. The van der Waals surface area contributed by atoms with Crippen LogP contribution in [0, 0.1) is 0 Å². The van der Waals surface area contributed by atoms with Crippen molar-refractivity contribution in [3.05, 3.63) is 11.7 Å². The topological polar surface area (TPSA) is 94.0 Å². The van der Waals surface area contributed by atoms with Crippen LogP contribution in [0.4, 0.5) is 0 Å². The van der Waals surface area contributed by atoms with Crippen LogP contribution in [0.25, 0.3) is 0 Å². The van der Waals surface area contributed by atoms with Crippen LogP contribution in [0.3, 0.4) is 0 Å². The summed E-state index contributed by atoms with van der Waals surface area (Å²) < 4.78 is 4.82. The molecule has 0 saturated heterocycles. The zero-order valence-electron chi connectivity index (χ0n) is 7.98. The molecule has 1 rings (SSSR count). The van der Waals surface area contributed by atoms with Crippen LogP contribution in [0.1, 0.15) is 31.6 Å². The lowest BCUT2D eigenvalue weighted by Crippen LogP contribution is -2.19. The molecule has 0 spiro atoms. The molecule has 1 heterocycles. The Balaban J connectivity index is 0.00000169. The van der Waals surface area contributed by atoms with Gasteiger partial charge < -0.3 is 15.6 Å². The first-order chi connectivity index (χ1) is 6.09. The van der Waals surface area contributed by atoms with Crippen LogP contribution >= 0.6 is 12.4 Å². The first kappa shape index (κ1) is 12.9. The van der Waals surface area contributed by atoms with Gasteiger partial charge in [0.2, 0.25) is 11.8 Å². The van der Waals surface area contributed by atoms with Crippen molar-refractivity contribution in [2.45, 2.75) is 26.4 Å². The Morgan fingerprint density at radius 3 is 2.79 bits per heavy atom. The van der Waals surface area contributed by atoms with Crippen LogP contribution in [-0.4, -0.2) is 16.0 Å². The van der Waals surface area contributed by atoms with Gasteiger partial charge in [-0.25, -0.2) is 0 Å². The number of halogens is 1. The van der Waals surface area contributed by atoms with Crippen LogP contribution in [0.15, 0.2) is 4.52 Å². The van der Waals surface area contributed by atoms with E-state index in [1.54, 1.807) is 6.92 Å². The normalized spacial score (nSPS) is 11.6. The largest absolute Gasteiger partial charge is 0.347 e. The van der Waals surface area contributed by atoms with Crippen LogP contribution in [0.5, 0.6) is 0 Å². The quantitative estimate of drug-likeness (QED) is 0.756. The standard InChI is InChI=1S/C7H12N4O2.ClH/c1-4(8)7-10-6(13-11-7)3-9-5(2)12;/h4H,3,8H2,1-2H3,(H,9,12);1H. The number of amides is 1. The molecule has 6 nitrogen and oxygen atoms in total. The van der Waals surface area contributed by atoms with Crippen molar-refractivity contribution in [2.75, 3.05) is 0 Å². The lowest BCUT2D eigenvalue weighted by Gasteiger charge is -1.95. The second-order valence-corrected chi connectivity index (χ2v) is 2.74. The fourth-order valence-electron chi connectivity index (χ4n) is 0.725. The maximum absolute atomic E-state index is 10.5. The summed E-state index contributed by atoms with van der Waals surface area (Å²) in [6.07, 6.45) is 0. The van der Waals surface area contributed by atoms with Crippen molar-refractivity contribution in [2.24, 2.45) is 5.73 Å². The molecule has 0 aliphatic heterocycles. The summed E-state index contributed by atoms with van der Waals surface area (Å²) in [6, 6.07) is -0.255. The van der Waals surface area contributed by atoms with Gasteiger partial charge in [0.25, 0.3) is 0 Å². The Kier molecular flexibility index (Phi) is 5.11. The van der Waals surface area contributed by atoms with E-state index in [-0.39, 0.29) is 30.9 Å². The molecule has 3 N–H and O–H groups in total. The van der Waals surface area contributed by atoms with Crippen LogP contribution < -0.4 is 11.1 Å². The second-order valence-electron chi connectivity index (χ2n) is 2.74. The summed E-state index contributed by atoms with van der Waals surface area (Å²) in [6.45, 7) is 3.42. The first-order valence-electron chi connectivity index (χ1n) is 3.92. The van der Waals surface area contributed by atoms with E-state index >= 15 is 0 Å². The van der Waals surface area contributed by atoms with Crippen molar-refractivity contribution in [1.82, 2.24) is 15.5 Å². The van der Waals surface area contributed by atoms with Gasteiger partial charge >= 0.3 is 0 Å². The molecular weight excluding hydrogens is 208 g/mol. The molecule has 7 heteroatoms. The third-order valence-electron chi connectivity index (χ3n) is 1.38. The molecule has 1 amide bonds. The predicted molar refractivity (Wildman–Crippen MR) is 51.7 cm³/mol. The number of carbonyl (C=O) groups excluding carboxylic acids is 1. The van der Waals surface area contributed by atoms with Crippen LogP contribution in [0.2, 0.25) is 0 Å². The number of hydrogen-bond donors (Lipinski definition) is 2. The summed E-state index contributed by atoms with van der Waals surface area (Å²) in [5, 5.41) is 6.17. The van der Waals surface area contributed by atoms with Crippen molar-refractivity contribution >= 4 is 18.3 Å². The predicted octanol–water partition coefficient (Wildman–Crippen LogP) is 0.147. The molecule has 1 aromatic rings. The van der Waals surface area contributed by atoms with E-state index in [4.69, 9.17) is 10.3 Å². The number of nitrogens with zero attached hydrogens (tertiary/aromatic N) is 2. The highest BCUT2D eigenvalue weighted by Crippen LogP contribution is 2.04. The Hall–Kier alpha value is -1.14. The van der Waals surface area contributed by atoms with Crippen molar-refractivity contribution in [3.63, 3.8) is 0 Å². The minimum atomic E-state index is -0.255. The molecule has 0 aliphatic rings. The number of aromatic nitrogens is 2. The number of rotatable bonds is 3. The summed E-state index contributed by atoms with van der Waals surface area (Å²) in [5.41, 5.74) is 5.51. The fourth-order valence-corrected chi connectivity index (χ4v) is 0.725. The van der Waals surface area contributed by atoms with Gasteiger partial charge in [0, 0.05) is 6.92 Å². The van der Waals surface area contributed by atoms with E-state index in [1.807, 2.05) is 0 Å². The van der Waals surface area contributed by atoms with Crippen molar-refractivity contribution < 1.29 is 9.32 Å². The third-order valence-corrected chi connectivity index (χ3v) is 1.38. The third kappa shape index (κ3) is 3.71. The zero-order chi connectivity index (χ0) is 9.84. The average molecular weight is 221 g/mol. The number of hydrogen-bond acceptors (Lipinski definition) is 5. The number of carbonyl (C=O) groups is 1. The summed E-state index contributed by atoms with van der Waals surface area (Å²) >= 11 is 0. The molecule has 0 bridgehead atoms. The van der Waals surface area contributed by atoms with E-state index < -0.39 is 0 Å². The Labute approximate surface area is 87.6 Å². The summed E-state index contributed by atoms with van der Waals surface area (Å²) in [7, 11) is 0. The minimum absolute atomic E-state index is 0. The molecule has 0 saturated carbocycles. The molecule has 14 heavy (non-hydrogen) atoms. The van der Waals surface area contributed by atoms with Crippen LogP contribution in [-0.2, 0) is 11.3 Å². The molecule has 1 aromatic heterocycles. The van der Waals surface area contributed by atoms with Gasteiger partial charge in [0.15, 0.2) is 5.82 Å². The highest BCUT2D eigenvalue weighted by atomic mass is 35.5. The smallest absolute Gasteiger partial charge is 0.246 e. The van der Waals surface area contributed by atoms with E-state index in [1.165, 1.54) is 6.92 Å².